The van der Waals surface area contributed by atoms with E-state index in [1.807, 2.05) is 18.2 Å². The molecule has 1 fully saturated rings. The molecule has 1 atom stereocenters. The summed E-state index contributed by atoms with van der Waals surface area (Å²) in [6, 6.07) is 5.59. The topological polar surface area (TPSA) is 108 Å². The number of ether oxygens (including phenoxy) is 5. The highest BCUT2D eigenvalue weighted by Crippen LogP contribution is 2.35. The van der Waals surface area contributed by atoms with Crippen molar-refractivity contribution in [2.24, 2.45) is 0 Å². The van der Waals surface area contributed by atoms with E-state index in [0.717, 1.165) is 18.7 Å². The summed E-state index contributed by atoms with van der Waals surface area (Å²) >= 11 is 0. The number of rotatable bonds is 8. The predicted molar refractivity (Wildman–Crippen MR) is 102 cm³/mol. The number of nitrogens with zero attached hydrogens (tertiary/aromatic N) is 1. The van der Waals surface area contributed by atoms with Gasteiger partial charge in [0.15, 0.2) is 17.8 Å². The molecule has 0 saturated carbocycles. The van der Waals surface area contributed by atoms with Crippen LogP contribution in [0.2, 0.25) is 0 Å². The number of fused-ring (bicyclic) bond motifs is 1. The maximum absolute atomic E-state index is 12.2. The first-order valence-electron chi connectivity index (χ1n) is 9.45. The van der Waals surface area contributed by atoms with E-state index in [4.69, 9.17) is 23.7 Å². The summed E-state index contributed by atoms with van der Waals surface area (Å²) in [5.41, 5.74) is 0.968. The summed E-state index contributed by atoms with van der Waals surface area (Å²) in [6.07, 6.45) is -0.610. The Morgan fingerprint density at radius 1 is 1.03 bits per heavy atom. The summed E-state index contributed by atoms with van der Waals surface area (Å²) < 4.78 is 26.3. The van der Waals surface area contributed by atoms with Crippen LogP contribution in [0.5, 0.6) is 11.5 Å². The van der Waals surface area contributed by atoms with Gasteiger partial charge in [0, 0.05) is 33.9 Å². The van der Waals surface area contributed by atoms with Crippen molar-refractivity contribution in [3.63, 3.8) is 0 Å². The minimum Gasteiger partial charge on any atom is -0.454 e. The maximum Gasteiger partial charge on any atom is 0.309 e. The Kier molecular flexibility index (Phi) is 7.64. The highest BCUT2D eigenvalue weighted by Gasteiger charge is 2.26. The van der Waals surface area contributed by atoms with Crippen molar-refractivity contribution in [3.05, 3.63) is 23.8 Å². The Balaban J connectivity index is 1.62. The van der Waals surface area contributed by atoms with Crippen molar-refractivity contribution in [3.8, 4) is 11.5 Å². The fourth-order valence-electron chi connectivity index (χ4n) is 3.26. The lowest BCUT2D eigenvalue weighted by Crippen LogP contribution is -2.47. The van der Waals surface area contributed by atoms with E-state index in [1.165, 1.54) is 14.2 Å². The molecule has 0 aromatic heterocycles. The van der Waals surface area contributed by atoms with Gasteiger partial charge < -0.3 is 34.3 Å². The van der Waals surface area contributed by atoms with Crippen LogP contribution in [0.4, 0.5) is 0 Å². The van der Waals surface area contributed by atoms with Crippen LogP contribution < -0.4 is 20.1 Å². The summed E-state index contributed by atoms with van der Waals surface area (Å²) in [7, 11) is 2.91. The Hall–Kier alpha value is -2.40. The monoisotopic (exact) mass is 409 g/mol. The second-order valence-corrected chi connectivity index (χ2v) is 6.60. The highest BCUT2D eigenvalue weighted by molar-refractivity contribution is 6.35. The maximum atomic E-state index is 12.2. The van der Waals surface area contributed by atoms with Gasteiger partial charge in [0.25, 0.3) is 0 Å². The van der Waals surface area contributed by atoms with Crippen molar-refractivity contribution >= 4 is 11.8 Å². The zero-order valence-electron chi connectivity index (χ0n) is 16.6. The van der Waals surface area contributed by atoms with Crippen LogP contribution in [0, 0.1) is 0 Å². The normalized spacial score (nSPS) is 17.2. The molecule has 2 amide bonds. The van der Waals surface area contributed by atoms with Crippen LogP contribution in [0.1, 0.15) is 11.6 Å². The average Bonchev–Trinajstić information content (AvgIpc) is 3.23. The first-order chi connectivity index (χ1) is 14.1. The lowest BCUT2D eigenvalue weighted by molar-refractivity contribution is -0.142. The number of hydrogen-bond donors (Lipinski definition) is 2. The van der Waals surface area contributed by atoms with Gasteiger partial charge >= 0.3 is 11.8 Å². The number of amides is 2. The van der Waals surface area contributed by atoms with Gasteiger partial charge in [-0.05, 0) is 17.7 Å². The summed E-state index contributed by atoms with van der Waals surface area (Å²) in [5.74, 6) is -0.0794. The SMILES string of the molecule is COC(CNC(=O)C(=O)NCC(c1ccc2c(c1)OCO2)N1CCOCC1)OC. The number of nitrogens with one attached hydrogen (secondary N) is 2. The van der Waals surface area contributed by atoms with E-state index in [0.29, 0.717) is 24.7 Å². The fraction of sp³-hybridized carbons (Fsp3) is 0.579. The van der Waals surface area contributed by atoms with Gasteiger partial charge in [-0.2, -0.15) is 0 Å². The van der Waals surface area contributed by atoms with E-state index in [9.17, 15) is 9.59 Å². The van der Waals surface area contributed by atoms with Gasteiger partial charge in [0.2, 0.25) is 6.79 Å². The minimum atomic E-state index is -0.740. The smallest absolute Gasteiger partial charge is 0.309 e. The first kappa shape index (κ1) is 21.3. The predicted octanol–water partition coefficient (Wildman–Crippen LogP) is -0.360. The van der Waals surface area contributed by atoms with Gasteiger partial charge in [-0.1, -0.05) is 6.07 Å². The van der Waals surface area contributed by atoms with Crippen LogP contribution in [0.3, 0.4) is 0 Å². The zero-order valence-corrected chi connectivity index (χ0v) is 16.6. The van der Waals surface area contributed by atoms with Crippen LogP contribution in [-0.2, 0) is 23.8 Å². The largest absolute Gasteiger partial charge is 0.454 e. The molecule has 2 heterocycles. The molecule has 0 bridgehead atoms. The van der Waals surface area contributed by atoms with Crippen molar-refractivity contribution in [2.45, 2.75) is 12.3 Å². The van der Waals surface area contributed by atoms with Gasteiger partial charge in [0.1, 0.15) is 0 Å². The Morgan fingerprint density at radius 3 is 2.38 bits per heavy atom. The summed E-state index contributed by atoms with van der Waals surface area (Å²) in [4.78, 5) is 26.5. The third-order valence-corrected chi connectivity index (χ3v) is 4.89. The molecule has 0 aliphatic carbocycles. The molecule has 10 heteroatoms. The molecule has 2 aliphatic heterocycles. The van der Waals surface area contributed by atoms with Crippen molar-refractivity contribution in [1.82, 2.24) is 15.5 Å². The van der Waals surface area contributed by atoms with Gasteiger partial charge in [0.05, 0.1) is 25.8 Å². The quantitative estimate of drug-likeness (QED) is 0.443. The van der Waals surface area contributed by atoms with Crippen LogP contribution in [-0.4, -0.2) is 83.4 Å². The first-order valence-corrected chi connectivity index (χ1v) is 9.45. The fourth-order valence-corrected chi connectivity index (χ4v) is 3.26. The Morgan fingerprint density at radius 2 is 1.69 bits per heavy atom. The molecule has 0 radical (unpaired) electrons. The Labute approximate surface area is 169 Å². The number of methoxy groups -OCH3 is 2. The minimum absolute atomic E-state index is 0.0777. The van der Waals surface area contributed by atoms with Gasteiger partial charge in [-0.3, -0.25) is 14.5 Å². The molecule has 1 aromatic carbocycles. The van der Waals surface area contributed by atoms with Crippen LogP contribution in [0.15, 0.2) is 18.2 Å². The molecule has 1 aromatic rings. The number of carbonyl (C=O) groups is 2. The molecular formula is C19H27N3O7. The molecule has 1 saturated heterocycles. The standard InChI is InChI=1S/C19H27N3O7/c1-25-17(26-2)11-21-19(24)18(23)20-10-14(22-5-7-27-8-6-22)13-3-4-15-16(9-13)29-12-28-15/h3-4,9,14,17H,5-8,10-12H2,1-2H3,(H,20,23)(H,21,24). The second-order valence-electron chi connectivity index (χ2n) is 6.60. The molecule has 10 nitrogen and oxygen atoms in total. The molecular weight excluding hydrogens is 382 g/mol. The lowest BCUT2D eigenvalue weighted by atomic mass is 10.0. The average molecular weight is 409 g/mol. The van der Waals surface area contributed by atoms with Gasteiger partial charge in [-0.25, -0.2) is 0 Å². The van der Waals surface area contributed by atoms with Crippen molar-refractivity contribution in [1.29, 1.82) is 0 Å². The van der Waals surface area contributed by atoms with Crippen LogP contribution in [0.25, 0.3) is 0 Å². The zero-order chi connectivity index (χ0) is 20.6. The third kappa shape index (κ3) is 5.57. The molecule has 2 N–H and O–H groups in total. The van der Waals surface area contributed by atoms with E-state index >= 15 is 0 Å². The molecule has 160 valence electrons. The lowest BCUT2D eigenvalue weighted by Gasteiger charge is -2.35. The van der Waals surface area contributed by atoms with E-state index in [1.54, 1.807) is 0 Å². The highest BCUT2D eigenvalue weighted by atomic mass is 16.7. The molecule has 2 aliphatic rings. The van der Waals surface area contributed by atoms with Crippen LogP contribution >= 0.6 is 0 Å². The molecule has 0 spiro atoms. The Bertz CT molecular complexity index is 705. The second kappa shape index (κ2) is 10.4. The molecule has 1 unspecified atom stereocenters. The molecule has 29 heavy (non-hydrogen) atoms. The summed E-state index contributed by atoms with van der Waals surface area (Å²) in [6.45, 7) is 3.23. The number of hydrogen-bond acceptors (Lipinski definition) is 8. The van der Waals surface area contributed by atoms with Crippen molar-refractivity contribution < 1.29 is 33.3 Å². The number of benzene rings is 1. The number of morpholine rings is 1. The third-order valence-electron chi connectivity index (χ3n) is 4.89. The van der Waals surface area contributed by atoms with E-state index in [-0.39, 0.29) is 25.9 Å². The van der Waals surface area contributed by atoms with Gasteiger partial charge in [-0.15, -0.1) is 0 Å². The van der Waals surface area contributed by atoms with E-state index in [2.05, 4.69) is 15.5 Å². The van der Waals surface area contributed by atoms with Crippen molar-refractivity contribution in [2.75, 3.05) is 60.4 Å². The number of carbonyl (C=O) groups excluding carboxylic acids is 2. The van der Waals surface area contributed by atoms with E-state index < -0.39 is 18.1 Å². The molecule has 3 rings (SSSR count). The summed E-state index contributed by atoms with van der Waals surface area (Å²) in [5, 5.41) is 5.21.